The summed E-state index contributed by atoms with van der Waals surface area (Å²) in [6.07, 6.45) is -0.904. The molecule has 36 heavy (non-hydrogen) atoms. The Morgan fingerprint density at radius 1 is 0.806 bits per heavy atom. The van der Waals surface area contributed by atoms with Gasteiger partial charge in [-0.15, -0.1) is 0 Å². The van der Waals surface area contributed by atoms with Gasteiger partial charge >= 0.3 is 12.1 Å². The van der Waals surface area contributed by atoms with E-state index in [1.165, 1.54) is 21.3 Å². The lowest BCUT2D eigenvalue weighted by molar-refractivity contribution is 0.0206. The van der Waals surface area contributed by atoms with Gasteiger partial charge in [-0.3, -0.25) is 0 Å². The zero-order valence-electron chi connectivity index (χ0n) is 21.3. The van der Waals surface area contributed by atoms with Crippen LogP contribution in [0.1, 0.15) is 36.7 Å². The van der Waals surface area contributed by atoms with Crippen LogP contribution < -0.4 is 23.7 Å². The van der Waals surface area contributed by atoms with Crippen LogP contribution in [0.3, 0.4) is 0 Å². The highest BCUT2D eigenvalue weighted by molar-refractivity contribution is 6.14. The highest BCUT2D eigenvalue weighted by Gasteiger charge is 2.34. The van der Waals surface area contributed by atoms with Crippen LogP contribution in [0.15, 0.2) is 30.3 Å². The van der Waals surface area contributed by atoms with Crippen LogP contribution in [0.4, 0.5) is 4.79 Å². The predicted molar refractivity (Wildman–Crippen MR) is 132 cm³/mol. The molecule has 1 heterocycles. The van der Waals surface area contributed by atoms with E-state index >= 15 is 0 Å². The third-order valence-corrected chi connectivity index (χ3v) is 5.66. The lowest BCUT2D eigenvalue weighted by Crippen LogP contribution is -2.26. The van der Waals surface area contributed by atoms with Crippen molar-refractivity contribution in [1.29, 1.82) is 0 Å². The van der Waals surface area contributed by atoms with Crippen molar-refractivity contribution >= 4 is 22.9 Å². The van der Waals surface area contributed by atoms with E-state index in [1.807, 2.05) is 6.07 Å². The molecule has 0 bridgehead atoms. The molecule has 0 aromatic heterocycles. The molecule has 9 nitrogen and oxygen atoms in total. The first-order valence-electron chi connectivity index (χ1n) is 11.2. The summed E-state index contributed by atoms with van der Waals surface area (Å²) >= 11 is 0. The predicted octanol–water partition coefficient (Wildman–Crippen LogP) is 5.53. The molecular weight excluding hydrogens is 468 g/mol. The average molecular weight is 497 g/mol. The van der Waals surface area contributed by atoms with Gasteiger partial charge in [-0.2, -0.15) is 0 Å². The maximum absolute atomic E-state index is 13.0. The summed E-state index contributed by atoms with van der Waals surface area (Å²) in [5.41, 5.74) is 1.17. The maximum Gasteiger partial charge on any atom is 0.514 e. The van der Waals surface area contributed by atoms with Crippen molar-refractivity contribution in [2.24, 2.45) is 0 Å². The van der Waals surface area contributed by atoms with Crippen molar-refractivity contribution in [3.63, 3.8) is 0 Å². The summed E-state index contributed by atoms with van der Waals surface area (Å²) in [5.74, 6) is 1.49. The quantitative estimate of drug-likeness (QED) is 0.322. The highest BCUT2D eigenvalue weighted by atomic mass is 16.7. The van der Waals surface area contributed by atoms with E-state index in [0.717, 1.165) is 0 Å². The van der Waals surface area contributed by atoms with Crippen molar-refractivity contribution < 1.29 is 42.7 Å². The number of ether oxygens (including phenoxy) is 7. The summed E-state index contributed by atoms with van der Waals surface area (Å²) in [4.78, 5) is 25.7. The molecule has 0 spiro atoms. The van der Waals surface area contributed by atoms with Gasteiger partial charge in [-0.05, 0) is 56.0 Å². The van der Waals surface area contributed by atoms with Crippen LogP contribution in [0.5, 0.6) is 28.7 Å². The van der Waals surface area contributed by atoms with Crippen LogP contribution in [0.25, 0.3) is 21.9 Å². The minimum atomic E-state index is -0.904. The average Bonchev–Trinajstić information content (AvgIpc) is 3.22. The molecule has 1 aliphatic heterocycles. The zero-order valence-corrected chi connectivity index (χ0v) is 21.3. The second-order valence-corrected chi connectivity index (χ2v) is 9.02. The molecule has 1 aliphatic rings. The first-order chi connectivity index (χ1) is 17.1. The van der Waals surface area contributed by atoms with E-state index in [1.54, 1.807) is 52.1 Å². The lowest BCUT2D eigenvalue weighted by Gasteiger charge is -2.21. The van der Waals surface area contributed by atoms with E-state index in [9.17, 15) is 9.59 Å². The number of hydrogen-bond acceptors (Lipinski definition) is 9. The number of rotatable bonds is 6. The number of benzene rings is 3. The first-order valence-corrected chi connectivity index (χ1v) is 11.2. The maximum atomic E-state index is 13.0. The number of hydrogen-bond donors (Lipinski definition) is 0. The lowest BCUT2D eigenvalue weighted by atomic mass is 9.89. The molecule has 0 amide bonds. The molecule has 0 radical (unpaired) electrons. The number of cyclic esters (lactones) is 1. The van der Waals surface area contributed by atoms with E-state index in [4.69, 9.17) is 33.2 Å². The van der Waals surface area contributed by atoms with Crippen LogP contribution in [0, 0.1) is 0 Å². The third kappa shape index (κ3) is 4.44. The molecule has 0 fully saturated rings. The number of carbonyl (C=O) groups is 2. The van der Waals surface area contributed by atoms with Crippen molar-refractivity contribution in [2.45, 2.75) is 33.0 Å². The molecular formula is C27H28O9. The minimum absolute atomic E-state index is 0.0725. The van der Waals surface area contributed by atoms with Crippen LogP contribution in [-0.4, -0.2) is 46.2 Å². The zero-order chi connectivity index (χ0) is 26.2. The molecule has 3 aromatic carbocycles. The Morgan fingerprint density at radius 3 is 1.97 bits per heavy atom. The number of methoxy groups -OCH3 is 4. The van der Waals surface area contributed by atoms with Gasteiger partial charge < -0.3 is 33.2 Å². The Hall–Kier alpha value is -4.14. The molecule has 0 aliphatic carbocycles. The molecule has 0 atom stereocenters. The van der Waals surface area contributed by atoms with Gasteiger partial charge in [0.15, 0.2) is 23.0 Å². The van der Waals surface area contributed by atoms with Gasteiger partial charge in [0.05, 0.1) is 34.0 Å². The fourth-order valence-electron chi connectivity index (χ4n) is 4.17. The summed E-state index contributed by atoms with van der Waals surface area (Å²) < 4.78 is 38.4. The van der Waals surface area contributed by atoms with Crippen molar-refractivity contribution in [3.8, 4) is 39.9 Å². The Balaban J connectivity index is 2.07. The topological polar surface area (TPSA) is 98.8 Å². The number of carbonyl (C=O) groups excluding carboxylic acids is 2. The van der Waals surface area contributed by atoms with Gasteiger partial charge in [-0.25, -0.2) is 9.59 Å². The van der Waals surface area contributed by atoms with Gasteiger partial charge in [-0.1, -0.05) is 6.07 Å². The SMILES string of the molecule is COc1ccc(-c2c3c(c(OC(=O)OC(C)(C)C)c4cc(OC)c(OC)cc24)COC3=O)cc1OC. The molecule has 0 saturated heterocycles. The van der Waals surface area contributed by atoms with E-state index in [2.05, 4.69) is 0 Å². The summed E-state index contributed by atoms with van der Waals surface area (Å²) in [5, 5.41) is 1.09. The summed E-state index contributed by atoms with van der Waals surface area (Å²) in [6.45, 7) is 5.13. The van der Waals surface area contributed by atoms with Gasteiger partial charge in [0.2, 0.25) is 0 Å². The molecule has 190 valence electrons. The smallest absolute Gasteiger partial charge is 0.493 e. The van der Waals surface area contributed by atoms with E-state index in [-0.39, 0.29) is 17.9 Å². The van der Waals surface area contributed by atoms with E-state index in [0.29, 0.717) is 50.5 Å². The van der Waals surface area contributed by atoms with Crippen LogP contribution in [-0.2, 0) is 16.1 Å². The van der Waals surface area contributed by atoms with Gasteiger partial charge in [0, 0.05) is 16.5 Å². The Kier molecular flexibility index (Phi) is 6.58. The van der Waals surface area contributed by atoms with Gasteiger partial charge in [0.25, 0.3) is 0 Å². The molecule has 0 saturated carbocycles. The molecule has 0 N–H and O–H groups in total. The first kappa shape index (κ1) is 25.0. The normalized spacial score (nSPS) is 12.6. The highest BCUT2D eigenvalue weighted by Crippen LogP contribution is 2.49. The monoisotopic (exact) mass is 496 g/mol. The Bertz CT molecular complexity index is 1350. The summed E-state index contributed by atoms with van der Waals surface area (Å²) in [6, 6.07) is 8.76. The second kappa shape index (κ2) is 9.49. The van der Waals surface area contributed by atoms with Crippen LogP contribution in [0.2, 0.25) is 0 Å². The van der Waals surface area contributed by atoms with Gasteiger partial charge in [0.1, 0.15) is 18.0 Å². The largest absolute Gasteiger partial charge is 0.514 e. The fraction of sp³-hybridized carbons (Fsp3) is 0.333. The Labute approximate surface area is 208 Å². The standard InChI is InChI=1S/C27H28O9/c1-27(2,3)36-26(29)35-24-16-12-21(33-7)20(32-6)11-15(16)22(23-17(24)13-34-25(23)28)14-8-9-18(30-4)19(10-14)31-5/h8-12H,13H2,1-7H3. The molecule has 0 unspecified atom stereocenters. The van der Waals surface area contributed by atoms with Crippen molar-refractivity contribution in [1.82, 2.24) is 0 Å². The molecule has 4 rings (SSSR count). The van der Waals surface area contributed by atoms with Crippen LogP contribution >= 0.6 is 0 Å². The van der Waals surface area contributed by atoms with Crippen molar-refractivity contribution in [3.05, 3.63) is 41.5 Å². The number of fused-ring (bicyclic) bond motifs is 2. The second-order valence-electron chi connectivity index (χ2n) is 9.02. The minimum Gasteiger partial charge on any atom is -0.493 e. The van der Waals surface area contributed by atoms with Crippen molar-refractivity contribution in [2.75, 3.05) is 28.4 Å². The van der Waals surface area contributed by atoms with E-state index < -0.39 is 17.7 Å². The summed E-state index contributed by atoms with van der Waals surface area (Å²) in [7, 11) is 6.10. The fourth-order valence-corrected chi connectivity index (χ4v) is 4.17. The number of esters is 1. The third-order valence-electron chi connectivity index (χ3n) is 5.66. The molecule has 3 aromatic rings. The molecule has 9 heteroatoms. The Morgan fingerprint density at radius 2 is 1.39 bits per heavy atom.